The van der Waals surface area contributed by atoms with E-state index in [-0.39, 0.29) is 0 Å². The highest BCUT2D eigenvalue weighted by Gasteiger charge is 1.98. The van der Waals surface area contributed by atoms with Crippen molar-refractivity contribution < 1.29 is 5.11 Å². The van der Waals surface area contributed by atoms with Crippen LogP contribution in [0.1, 0.15) is 33.1 Å². The first-order valence-corrected chi connectivity index (χ1v) is 4.62. The van der Waals surface area contributed by atoms with E-state index in [0.717, 1.165) is 19.5 Å². The highest BCUT2D eigenvalue weighted by Crippen LogP contribution is 1.97. The average Bonchev–Trinajstić information content (AvgIpc) is 1.99. The number of unbranched alkanes of at least 4 members (excludes halogenated alkanes) is 1. The second-order valence-electron chi connectivity index (χ2n) is 3.18. The molecule has 68 valence electrons. The molecule has 2 N–H and O–H groups in total. The molecule has 0 aromatic heterocycles. The van der Waals surface area contributed by atoms with E-state index in [2.05, 4.69) is 19.2 Å². The molecule has 0 aromatic carbocycles. The van der Waals surface area contributed by atoms with Gasteiger partial charge in [0.15, 0.2) is 0 Å². The van der Waals surface area contributed by atoms with Crippen molar-refractivity contribution >= 4 is 0 Å². The topological polar surface area (TPSA) is 32.3 Å². The van der Waals surface area contributed by atoms with Gasteiger partial charge in [-0.1, -0.05) is 20.3 Å². The molecular formula is C9H21NO. The van der Waals surface area contributed by atoms with Crippen LogP contribution in [-0.4, -0.2) is 24.8 Å². The molecule has 0 fully saturated rings. The summed E-state index contributed by atoms with van der Waals surface area (Å²) in [6.07, 6.45) is 3.42. The van der Waals surface area contributed by atoms with Crippen LogP contribution in [0.3, 0.4) is 0 Å². The second kappa shape index (κ2) is 8.02. The molecular weight excluding hydrogens is 138 g/mol. The Labute approximate surface area is 70.0 Å². The maximum atomic E-state index is 8.61. The number of aliphatic hydroxyl groups is 1. The molecule has 1 atom stereocenters. The van der Waals surface area contributed by atoms with Crippen molar-refractivity contribution in [2.75, 3.05) is 19.7 Å². The number of rotatable bonds is 7. The zero-order valence-corrected chi connectivity index (χ0v) is 7.77. The summed E-state index contributed by atoms with van der Waals surface area (Å²) >= 11 is 0. The molecule has 0 spiro atoms. The maximum Gasteiger partial charge on any atom is 0.0434 e. The lowest BCUT2D eigenvalue weighted by Crippen LogP contribution is -2.22. The molecule has 11 heavy (non-hydrogen) atoms. The molecule has 2 heteroatoms. The predicted molar refractivity (Wildman–Crippen MR) is 48.6 cm³/mol. The van der Waals surface area contributed by atoms with E-state index in [1.807, 2.05) is 0 Å². The highest BCUT2D eigenvalue weighted by molar-refractivity contribution is 4.55. The van der Waals surface area contributed by atoms with Gasteiger partial charge in [-0.05, 0) is 31.8 Å². The van der Waals surface area contributed by atoms with Crippen LogP contribution in [0.4, 0.5) is 0 Å². The molecule has 0 heterocycles. The molecule has 1 unspecified atom stereocenters. The smallest absolute Gasteiger partial charge is 0.0434 e. The first-order valence-electron chi connectivity index (χ1n) is 4.62. The fourth-order valence-electron chi connectivity index (χ4n) is 0.973. The van der Waals surface area contributed by atoms with Crippen LogP contribution in [-0.2, 0) is 0 Å². The van der Waals surface area contributed by atoms with Gasteiger partial charge in [0, 0.05) is 6.61 Å². The third kappa shape index (κ3) is 7.82. The summed E-state index contributed by atoms with van der Waals surface area (Å²) in [6.45, 7) is 6.83. The Kier molecular flexibility index (Phi) is 7.96. The molecule has 0 rings (SSSR count). The maximum absolute atomic E-state index is 8.61. The zero-order valence-electron chi connectivity index (χ0n) is 7.77. The van der Waals surface area contributed by atoms with Crippen molar-refractivity contribution in [1.29, 1.82) is 0 Å². The van der Waals surface area contributed by atoms with Crippen LogP contribution < -0.4 is 5.32 Å². The third-order valence-corrected chi connectivity index (χ3v) is 1.82. The minimum Gasteiger partial charge on any atom is -0.396 e. The quantitative estimate of drug-likeness (QED) is 0.550. The summed E-state index contributed by atoms with van der Waals surface area (Å²) < 4.78 is 0. The van der Waals surface area contributed by atoms with Gasteiger partial charge in [-0.3, -0.25) is 0 Å². The van der Waals surface area contributed by atoms with Crippen molar-refractivity contribution in [2.45, 2.75) is 33.1 Å². The lowest BCUT2D eigenvalue weighted by molar-refractivity contribution is 0.260. The van der Waals surface area contributed by atoms with E-state index in [0.29, 0.717) is 12.5 Å². The fraction of sp³-hybridized carbons (Fsp3) is 1.00. The Morgan fingerprint density at radius 3 is 2.73 bits per heavy atom. The Balaban J connectivity index is 2.97. The van der Waals surface area contributed by atoms with E-state index in [1.165, 1.54) is 12.8 Å². The second-order valence-corrected chi connectivity index (χ2v) is 3.18. The molecule has 0 aliphatic carbocycles. The van der Waals surface area contributed by atoms with Gasteiger partial charge < -0.3 is 10.4 Å². The van der Waals surface area contributed by atoms with E-state index in [4.69, 9.17) is 5.11 Å². The third-order valence-electron chi connectivity index (χ3n) is 1.82. The van der Waals surface area contributed by atoms with Crippen molar-refractivity contribution in [3.8, 4) is 0 Å². The molecule has 0 saturated carbocycles. The number of aliphatic hydroxyl groups excluding tert-OH is 1. The Bertz CT molecular complexity index is 76.0. The first kappa shape index (κ1) is 10.9. The monoisotopic (exact) mass is 159 g/mol. The predicted octanol–water partition coefficient (Wildman–Crippen LogP) is 1.39. The van der Waals surface area contributed by atoms with Gasteiger partial charge in [0.25, 0.3) is 0 Å². The molecule has 0 aromatic rings. The van der Waals surface area contributed by atoms with Gasteiger partial charge in [0.05, 0.1) is 0 Å². The van der Waals surface area contributed by atoms with Crippen molar-refractivity contribution in [3.05, 3.63) is 0 Å². The van der Waals surface area contributed by atoms with E-state index in [9.17, 15) is 0 Å². The summed E-state index contributed by atoms with van der Waals surface area (Å²) in [7, 11) is 0. The number of hydrogen-bond donors (Lipinski definition) is 2. The number of hydrogen-bond acceptors (Lipinski definition) is 2. The first-order chi connectivity index (χ1) is 5.31. The van der Waals surface area contributed by atoms with Crippen molar-refractivity contribution in [3.63, 3.8) is 0 Å². The largest absolute Gasteiger partial charge is 0.396 e. The molecule has 0 aliphatic rings. The summed E-state index contributed by atoms with van der Waals surface area (Å²) in [5.74, 6) is 0.608. The molecule has 0 saturated heterocycles. The van der Waals surface area contributed by atoms with Crippen molar-refractivity contribution in [2.24, 2.45) is 5.92 Å². The van der Waals surface area contributed by atoms with Gasteiger partial charge in [0.1, 0.15) is 0 Å². The summed E-state index contributed by atoms with van der Waals surface area (Å²) in [6, 6.07) is 0. The number of nitrogens with one attached hydrogen (secondary N) is 1. The average molecular weight is 159 g/mol. The van der Waals surface area contributed by atoms with Crippen LogP contribution in [0.25, 0.3) is 0 Å². The normalized spacial score (nSPS) is 13.4. The highest BCUT2D eigenvalue weighted by atomic mass is 16.3. The molecule has 2 nitrogen and oxygen atoms in total. The van der Waals surface area contributed by atoms with Crippen LogP contribution in [0.5, 0.6) is 0 Å². The zero-order chi connectivity index (χ0) is 8.53. The summed E-state index contributed by atoms with van der Waals surface area (Å²) in [5.41, 5.74) is 0. The van der Waals surface area contributed by atoms with Crippen LogP contribution >= 0.6 is 0 Å². The van der Waals surface area contributed by atoms with E-state index in [1.54, 1.807) is 0 Å². The van der Waals surface area contributed by atoms with E-state index < -0.39 is 0 Å². The Morgan fingerprint density at radius 2 is 2.18 bits per heavy atom. The molecule has 0 amide bonds. The Morgan fingerprint density at radius 1 is 1.45 bits per heavy atom. The van der Waals surface area contributed by atoms with E-state index >= 15 is 0 Å². The fourth-order valence-corrected chi connectivity index (χ4v) is 0.973. The molecule has 0 aliphatic heterocycles. The molecule has 0 radical (unpaired) electrons. The van der Waals surface area contributed by atoms with Crippen LogP contribution in [0, 0.1) is 5.92 Å². The Hall–Kier alpha value is -0.0800. The van der Waals surface area contributed by atoms with Crippen LogP contribution in [0.15, 0.2) is 0 Å². The van der Waals surface area contributed by atoms with Gasteiger partial charge in [-0.15, -0.1) is 0 Å². The lowest BCUT2D eigenvalue weighted by atomic mass is 10.1. The van der Waals surface area contributed by atoms with Gasteiger partial charge in [0.2, 0.25) is 0 Å². The minimum atomic E-state index is 0.316. The van der Waals surface area contributed by atoms with Gasteiger partial charge in [-0.2, -0.15) is 0 Å². The van der Waals surface area contributed by atoms with Gasteiger partial charge >= 0.3 is 0 Å². The lowest BCUT2D eigenvalue weighted by Gasteiger charge is -2.09. The minimum absolute atomic E-state index is 0.316. The van der Waals surface area contributed by atoms with Crippen LogP contribution in [0.2, 0.25) is 0 Å². The van der Waals surface area contributed by atoms with Gasteiger partial charge in [-0.25, -0.2) is 0 Å². The molecule has 0 bridgehead atoms. The SMILES string of the molecule is CCCCNCC(C)CCO. The standard InChI is InChI=1S/C9H21NO/c1-3-4-6-10-8-9(2)5-7-11/h9-11H,3-8H2,1-2H3. The summed E-state index contributed by atoms with van der Waals surface area (Å²) in [4.78, 5) is 0. The summed E-state index contributed by atoms with van der Waals surface area (Å²) in [5, 5.41) is 12.0. The van der Waals surface area contributed by atoms with Crippen molar-refractivity contribution in [1.82, 2.24) is 5.32 Å².